The zero-order valence-electron chi connectivity index (χ0n) is 7.94. The van der Waals surface area contributed by atoms with Crippen LogP contribution < -0.4 is 0 Å². The largest absolute Gasteiger partial charge is 0.265 e. The van der Waals surface area contributed by atoms with Crippen molar-refractivity contribution in [1.29, 1.82) is 5.41 Å². The van der Waals surface area contributed by atoms with Gasteiger partial charge in [-0.3, -0.25) is 13.8 Å². The van der Waals surface area contributed by atoms with Crippen molar-refractivity contribution in [2.75, 3.05) is 24.0 Å². The van der Waals surface area contributed by atoms with Gasteiger partial charge in [0.15, 0.2) is 0 Å². The van der Waals surface area contributed by atoms with Crippen LogP contribution in [0.2, 0.25) is 0 Å². The fourth-order valence-corrected chi connectivity index (χ4v) is 2.26. The van der Waals surface area contributed by atoms with Crippen LogP contribution in [0.25, 0.3) is 0 Å². The minimum Gasteiger partial charge on any atom is -0.265 e. The summed E-state index contributed by atoms with van der Waals surface area (Å²) in [6, 6.07) is 0. The second-order valence-corrected chi connectivity index (χ2v) is 5.75. The number of nitrogens with zero attached hydrogens (tertiary/aromatic N) is 2. The fourth-order valence-electron chi connectivity index (χ4n) is 1.03. The minimum absolute atomic E-state index is 0.0918. The van der Waals surface area contributed by atoms with Gasteiger partial charge in [-0.15, -0.1) is 0 Å². The Hall–Kier alpha value is -0.690. The van der Waals surface area contributed by atoms with Crippen LogP contribution in [0.5, 0.6) is 0 Å². The zero-order chi connectivity index (χ0) is 10.7. The van der Waals surface area contributed by atoms with Crippen molar-refractivity contribution in [1.82, 2.24) is 0 Å². The summed E-state index contributed by atoms with van der Waals surface area (Å²) in [6.45, 7) is 0. The van der Waals surface area contributed by atoms with Gasteiger partial charge >= 0.3 is 0 Å². The molecule has 0 bridgehead atoms. The minimum atomic E-state index is -1.01. The quantitative estimate of drug-likeness (QED) is 0.715. The third-order valence-corrected chi connectivity index (χ3v) is 2.85. The monoisotopic (exact) mass is 233 g/mol. The number of hydrogen-bond donors (Lipinski definition) is 1. The van der Waals surface area contributed by atoms with Crippen LogP contribution in [0, 0.1) is 5.41 Å². The van der Waals surface area contributed by atoms with E-state index in [1.165, 1.54) is 0 Å². The Morgan fingerprint density at radius 2 is 1.43 bits per heavy atom. The molecule has 14 heavy (non-hydrogen) atoms. The van der Waals surface area contributed by atoms with Gasteiger partial charge in [0.1, 0.15) is 0 Å². The molecule has 5 nitrogen and oxygen atoms in total. The van der Waals surface area contributed by atoms with Crippen LogP contribution in [0.4, 0.5) is 0 Å². The maximum absolute atomic E-state index is 11.0. The van der Waals surface area contributed by atoms with Crippen molar-refractivity contribution >= 4 is 39.0 Å². The summed E-state index contributed by atoms with van der Waals surface area (Å²) in [6.07, 6.45) is 3.12. The maximum atomic E-state index is 11.0. The summed E-state index contributed by atoms with van der Waals surface area (Å²) in [5.41, 5.74) is 1.07. The highest BCUT2D eigenvalue weighted by atomic mass is 32.2. The smallest absolute Gasteiger partial charge is 0.242 e. The van der Waals surface area contributed by atoms with E-state index in [0.29, 0.717) is 11.4 Å². The number of rotatable bonds is 4. The van der Waals surface area contributed by atoms with Crippen LogP contribution in [0.15, 0.2) is 9.98 Å². The standard InChI is InChI=1S/C7H11N3O2S2/c1-13(11)3-5-6(4-14(2)12)10-7(8)9-5/h8H,3-4H2,1-2H3/t13-,14+. The maximum Gasteiger partial charge on any atom is 0.242 e. The first-order valence-electron chi connectivity index (χ1n) is 3.83. The molecule has 1 N–H and O–H groups in total. The molecular formula is C7H11N3O2S2. The van der Waals surface area contributed by atoms with Crippen LogP contribution >= 0.6 is 0 Å². The lowest BCUT2D eigenvalue weighted by Gasteiger charge is -2.00. The van der Waals surface area contributed by atoms with Gasteiger partial charge in [-0.1, -0.05) is 0 Å². The molecule has 0 unspecified atom stereocenters. The van der Waals surface area contributed by atoms with Crippen molar-refractivity contribution in [2.24, 2.45) is 9.98 Å². The number of aliphatic imine (C=N–C) groups is 2. The van der Waals surface area contributed by atoms with Crippen molar-refractivity contribution < 1.29 is 8.42 Å². The van der Waals surface area contributed by atoms with Crippen LogP contribution in [0.1, 0.15) is 0 Å². The second kappa shape index (κ2) is 4.70. The third-order valence-electron chi connectivity index (χ3n) is 1.49. The molecule has 0 radical (unpaired) electrons. The number of nitrogens with one attached hydrogen (secondary N) is 1. The van der Waals surface area contributed by atoms with E-state index in [2.05, 4.69) is 9.98 Å². The third kappa shape index (κ3) is 3.22. The lowest BCUT2D eigenvalue weighted by molar-refractivity contribution is 0.688. The Bertz CT molecular complexity index is 339. The van der Waals surface area contributed by atoms with E-state index < -0.39 is 21.6 Å². The zero-order valence-corrected chi connectivity index (χ0v) is 9.57. The Balaban J connectivity index is 2.79. The molecule has 0 spiro atoms. The van der Waals surface area contributed by atoms with Crippen molar-refractivity contribution in [3.8, 4) is 0 Å². The molecule has 0 fully saturated rings. The van der Waals surface area contributed by atoms with Gasteiger partial charge in [0.2, 0.25) is 5.96 Å². The van der Waals surface area contributed by atoms with E-state index in [9.17, 15) is 8.42 Å². The van der Waals surface area contributed by atoms with E-state index in [0.717, 1.165) is 0 Å². The summed E-state index contributed by atoms with van der Waals surface area (Å²) in [4.78, 5) is 7.66. The molecular weight excluding hydrogens is 222 g/mol. The normalized spacial score (nSPS) is 20.3. The predicted octanol–water partition coefficient (Wildman–Crippen LogP) is -0.426. The molecule has 78 valence electrons. The molecule has 1 aliphatic rings. The van der Waals surface area contributed by atoms with Gasteiger partial charge in [-0.05, 0) is 0 Å². The van der Waals surface area contributed by atoms with Crippen molar-refractivity contribution in [3.63, 3.8) is 0 Å². The van der Waals surface area contributed by atoms with Gasteiger partial charge in [0, 0.05) is 34.1 Å². The molecule has 1 heterocycles. The van der Waals surface area contributed by atoms with Gasteiger partial charge in [-0.25, -0.2) is 9.98 Å². The average molecular weight is 233 g/mol. The average Bonchev–Trinajstić information content (AvgIpc) is 2.28. The van der Waals surface area contributed by atoms with Crippen LogP contribution in [-0.2, 0) is 21.6 Å². The van der Waals surface area contributed by atoms with Gasteiger partial charge in [-0.2, -0.15) is 0 Å². The van der Waals surface area contributed by atoms with Gasteiger partial charge in [0.25, 0.3) is 0 Å². The van der Waals surface area contributed by atoms with E-state index in [-0.39, 0.29) is 17.5 Å². The van der Waals surface area contributed by atoms with Crippen LogP contribution in [0.3, 0.4) is 0 Å². The number of guanidine groups is 1. The first-order valence-corrected chi connectivity index (χ1v) is 7.28. The lowest BCUT2D eigenvalue weighted by Crippen LogP contribution is -2.23. The summed E-state index contributed by atoms with van der Waals surface area (Å²) in [5, 5.41) is 7.23. The highest BCUT2D eigenvalue weighted by Crippen LogP contribution is 2.01. The predicted molar refractivity (Wildman–Crippen MR) is 60.5 cm³/mol. The Labute approximate surface area is 87.1 Å². The molecule has 2 atom stereocenters. The highest BCUT2D eigenvalue weighted by Gasteiger charge is 2.19. The molecule has 0 aliphatic carbocycles. The summed E-state index contributed by atoms with van der Waals surface area (Å²) in [5.74, 6) is 0.461. The Morgan fingerprint density at radius 3 is 1.71 bits per heavy atom. The first kappa shape index (κ1) is 11.4. The Kier molecular flexibility index (Phi) is 3.82. The van der Waals surface area contributed by atoms with E-state index >= 15 is 0 Å². The topological polar surface area (TPSA) is 82.7 Å². The van der Waals surface area contributed by atoms with E-state index in [1.54, 1.807) is 12.5 Å². The summed E-state index contributed by atoms with van der Waals surface area (Å²) >= 11 is 0. The van der Waals surface area contributed by atoms with E-state index in [1.807, 2.05) is 0 Å². The van der Waals surface area contributed by atoms with Gasteiger partial charge in [0.05, 0.1) is 22.9 Å². The lowest BCUT2D eigenvalue weighted by atomic mass is 10.3. The SMILES string of the molecule is C[S@](=O)CC1=NC(=N)N=C1C[S@@](C)=O. The molecule has 1 rings (SSSR count). The Morgan fingerprint density at radius 1 is 1.07 bits per heavy atom. The van der Waals surface area contributed by atoms with Gasteiger partial charge < -0.3 is 0 Å². The van der Waals surface area contributed by atoms with E-state index in [4.69, 9.17) is 5.41 Å². The van der Waals surface area contributed by atoms with Crippen molar-refractivity contribution in [3.05, 3.63) is 0 Å². The summed E-state index contributed by atoms with van der Waals surface area (Å²) in [7, 11) is -2.03. The summed E-state index contributed by atoms with van der Waals surface area (Å²) < 4.78 is 21.9. The molecule has 0 amide bonds. The molecule has 0 aromatic rings. The number of hydrogen-bond acceptors (Lipinski definition) is 3. The fraction of sp³-hybridized carbons (Fsp3) is 0.571. The molecule has 0 aromatic carbocycles. The van der Waals surface area contributed by atoms with Crippen LogP contribution in [-0.4, -0.2) is 49.8 Å². The molecule has 0 saturated heterocycles. The highest BCUT2D eigenvalue weighted by molar-refractivity contribution is 7.86. The second-order valence-electron chi connectivity index (χ2n) is 2.88. The molecule has 0 aromatic heterocycles. The molecule has 7 heteroatoms. The molecule has 0 saturated carbocycles. The van der Waals surface area contributed by atoms with Crippen molar-refractivity contribution in [2.45, 2.75) is 0 Å². The first-order chi connectivity index (χ1) is 6.49. The molecule has 1 aliphatic heterocycles.